The maximum Gasteiger partial charge on any atom is 0.173 e. The third-order valence-electron chi connectivity index (χ3n) is 2.74. The number of halogens is 1. The number of benzene rings is 1. The van der Waals surface area contributed by atoms with Crippen LogP contribution in [0.2, 0.25) is 5.02 Å². The van der Waals surface area contributed by atoms with Gasteiger partial charge >= 0.3 is 0 Å². The first-order valence-corrected chi connectivity index (χ1v) is 5.54. The lowest BCUT2D eigenvalue weighted by atomic mass is 9.82. The largest absolute Gasteiger partial charge is 0.486 e. The van der Waals surface area contributed by atoms with Crippen LogP contribution in [0.4, 0.5) is 0 Å². The topological polar surface area (TPSA) is 26.3 Å². The lowest BCUT2D eigenvalue weighted by molar-refractivity contribution is -0.127. The summed E-state index contributed by atoms with van der Waals surface area (Å²) >= 11 is 5.80. The van der Waals surface area contributed by atoms with Gasteiger partial charge in [0.05, 0.1) is 0 Å². The molecule has 1 fully saturated rings. The van der Waals surface area contributed by atoms with Gasteiger partial charge in [0.2, 0.25) is 0 Å². The summed E-state index contributed by atoms with van der Waals surface area (Å²) in [4.78, 5) is 11.5. The van der Waals surface area contributed by atoms with E-state index in [1.165, 1.54) is 6.42 Å². The molecule has 0 saturated heterocycles. The molecule has 0 amide bonds. The normalized spacial score (nSPS) is 15.8. The molecule has 0 radical (unpaired) electrons. The van der Waals surface area contributed by atoms with Gasteiger partial charge in [-0.3, -0.25) is 4.79 Å². The van der Waals surface area contributed by atoms with Crippen LogP contribution in [0.15, 0.2) is 24.3 Å². The second-order valence-electron chi connectivity index (χ2n) is 3.84. The molecule has 2 nitrogen and oxygen atoms in total. The molecule has 0 unspecified atom stereocenters. The van der Waals surface area contributed by atoms with Crippen molar-refractivity contribution >= 4 is 17.4 Å². The Morgan fingerprint density at radius 1 is 1.47 bits per heavy atom. The summed E-state index contributed by atoms with van der Waals surface area (Å²) in [6, 6.07) is 7.11. The first-order valence-electron chi connectivity index (χ1n) is 5.17. The molecule has 0 spiro atoms. The lowest BCUT2D eigenvalue weighted by Crippen LogP contribution is -2.26. The van der Waals surface area contributed by atoms with E-state index in [-0.39, 0.29) is 18.3 Å². The predicted molar refractivity (Wildman–Crippen MR) is 59.3 cm³/mol. The highest BCUT2D eigenvalue weighted by atomic mass is 35.5. The van der Waals surface area contributed by atoms with Crippen LogP contribution in [0.3, 0.4) is 0 Å². The van der Waals surface area contributed by atoms with Crippen LogP contribution in [0.5, 0.6) is 5.75 Å². The van der Waals surface area contributed by atoms with Crippen molar-refractivity contribution in [2.24, 2.45) is 5.92 Å². The Labute approximate surface area is 94.2 Å². The van der Waals surface area contributed by atoms with Gasteiger partial charge in [-0.15, -0.1) is 0 Å². The highest BCUT2D eigenvalue weighted by Crippen LogP contribution is 2.27. The Bertz CT molecular complexity index is 358. The zero-order valence-electron chi connectivity index (χ0n) is 8.41. The van der Waals surface area contributed by atoms with Gasteiger partial charge in [-0.25, -0.2) is 0 Å². The average molecular weight is 225 g/mol. The van der Waals surface area contributed by atoms with Crippen molar-refractivity contribution in [3.05, 3.63) is 29.3 Å². The van der Waals surface area contributed by atoms with Crippen molar-refractivity contribution in [1.29, 1.82) is 0 Å². The van der Waals surface area contributed by atoms with E-state index >= 15 is 0 Å². The molecule has 0 aliphatic heterocycles. The molecule has 1 aliphatic rings. The highest BCUT2D eigenvalue weighted by molar-refractivity contribution is 6.30. The number of carbonyl (C=O) groups excluding carboxylic acids is 1. The van der Waals surface area contributed by atoms with E-state index in [2.05, 4.69) is 0 Å². The third-order valence-corrected chi connectivity index (χ3v) is 2.97. The lowest BCUT2D eigenvalue weighted by Gasteiger charge is -2.23. The van der Waals surface area contributed by atoms with Crippen molar-refractivity contribution < 1.29 is 9.53 Å². The van der Waals surface area contributed by atoms with Crippen LogP contribution >= 0.6 is 11.6 Å². The number of hydrogen-bond acceptors (Lipinski definition) is 2. The smallest absolute Gasteiger partial charge is 0.173 e. The van der Waals surface area contributed by atoms with Crippen molar-refractivity contribution in [2.75, 3.05) is 6.61 Å². The molecule has 1 aliphatic carbocycles. The Morgan fingerprint density at radius 3 is 2.87 bits per heavy atom. The fraction of sp³-hybridized carbons (Fsp3) is 0.417. The van der Waals surface area contributed by atoms with Gasteiger partial charge in [0.15, 0.2) is 5.78 Å². The maximum absolute atomic E-state index is 11.5. The quantitative estimate of drug-likeness (QED) is 0.786. The second kappa shape index (κ2) is 4.67. The highest BCUT2D eigenvalue weighted by Gasteiger charge is 2.25. The third kappa shape index (κ3) is 2.72. The number of ether oxygens (including phenoxy) is 1. The van der Waals surface area contributed by atoms with Gasteiger partial charge in [0.1, 0.15) is 12.4 Å². The summed E-state index contributed by atoms with van der Waals surface area (Å²) in [7, 11) is 0. The molecule has 0 aromatic heterocycles. The predicted octanol–water partition coefficient (Wildman–Crippen LogP) is 3.09. The van der Waals surface area contributed by atoms with Crippen molar-refractivity contribution in [2.45, 2.75) is 19.3 Å². The van der Waals surface area contributed by atoms with Gasteiger partial charge in [0.25, 0.3) is 0 Å². The fourth-order valence-corrected chi connectivity index (χ4v) is 1.74. The molecule has 0 heterocycles. The number of Topliss-reactive ketones (excluding diaryl/α,β-unsaturated/α-hetero) is 1. The fourth-order valence-electron chi connectivity index (χ4n) is 1.56. The second-order valence-corrected chi connectivity index (χ2v) is 4.28. The molecule has 0 atom stereocenters. The van der Waals surface area contributed by atoms with Crippen LogP contribution in [0.1, 0.15) is 19.3 Å². The summed E-state index contributed by atoms with van der Waals surface area (Å²) in [6.07, 6.45) is 3.23. The van der Waals surface area contributed by atoms with E-state index in [4.69, 9.17) is 16.3 Å². The number of rotatable bonds is 4. The van der Waals surface area contributed by atoms with Crippen molar-refractivity contribution in [1.82, 2.24) is 0 Å². The van der Waals surface area contributed by atoms with Crippen molar-refractivity contribution in [3.63, 3.8) is 0 Å². The van der Waals surface area contributed by atoms with E-state index in [1.807, 2.05) is 6.07 Å². The van der Waals surface area contributed by atoms with E-state index < -0.39 is 0 Å². The van der Waals surface area contributed by atoms with Crippen LogP contribution in [0.25, 0.3) is 0 Å². The van der Waals surface area contributed by atoms with Crippen molar-refractivity contribution in [3.8, 4) is 5.75 Å². The standard InChI is InChI=1S/C12H13ClO2/c13-10-5-2-6-11(7-10)15-8-12(14)9-3-1-4-9/h2,5-7,9H,1,3-4,8H2. The van der Waals surface area contributed by atoms with E-state index in [0.29, 0.717) is 10.8 Å². The first-order chi connectivity index (χ1) is 7.25. The SMILES string of the molecule is O=C(COc1cccc(Cl)c1)C1CCC1. The summed E-state index contributed by atoms with van der Waals surface area (Å²) in [5.74, 6) is 1.11. The molecule has 1 saturated carbocycles. The van der Waals surface area contributed by atoms with Gasteiger partial charge in [-0.1, -0.05) is 24.1 Å². The molecule has 2 rings (SSSR count). The van der Waals surface area contributed by atoms with Crippen LogP contribution in [-0.2, 0) is 4.79 Å². The first kappa shape index (κ1) is 10.5. The van der Waals surface area contributed by atoms with Gasteiger partial charge in [0, 0.05) is 10.9 Å². The monoisotopic (exact) mass is 224 g/mol. The van der Waals surface area contributed by atoms with E-state index in [1.54, 1.807) is 18.2 Å². The average Bonchev–Trinajstić information content (AvgIpc) is 2.12. The number of hydrogen-bond donors (Lipinski definition) is 0. The summed E-state index contributed by atoms with van der Waals surface area (Å²) in [5, 5.41) is 0.628. The zero-order chi connectivity index (χ0) is 10.7. The molecule has 15 heavy (non-hydrogen) atoms. The number of ketones is 1. The number of carbonyl (C=O) groups is 1. The summed E-state index contributed by atoms with van der Waals surface area (Å²) in [6.45, 7) is 0.172. The Morgan fingerprint density at radius 2 is 2.27 bits per heavy atom. The Hall–Kier alpha value is -1.02. The molecule has 1 aromatic rings. The maximum atomic E-state index is 11.5. The molecular formula is C12H13ClO2. The van der Waals surface area contributed by atoms with Crippen LogP contribution < -0.4 is 4.74 Å². The van der Waals surface area contributed by atoms with Crippen LogP contribution in [-0.4, -0.2) is 12.4 Å². The molecule has 1 aromatic carbocycles. The zero-order valence-corrected chi connectivity index (χ0v) is 9.17. The van der Waals surface area contributed by atoms with Gasteiger partial charge < -0.3 is 4.74 Å². The Kier molecular flexibility index (Phi) is 3.27. The molecule has 80 valence electrons. The van der Waals surface area contributed by atoms with E-state index in [9.17, 15) is 4.79 Å². The molecule has 0 bridgehead atoms. The Balaban J connectivity index is 1.84. The molecular weight excluding hydrogens is 212 g/mol. The van der Waals surface area contributed by atoms with Gasteiger partial charge in [-0.05, 0) is 31.0 Å². The summed E-state index contributed by atoms with van der Waals surface area (Å²) < 4.78 is 5.37. The minimum atomic E-state index is 0.172. The van der Waals surface area contributed by atoms with Gasteiger partial charge in [-0.2, -0.15) is 0 Å². The molecule has 0 N–H and O–H groups in total. The van der Waals surface area contributed by atoms with Crippen LogP contribution in [0, 0.1) is 5.92 Å². The summed E-state index contributed by atoms with van der Waals surface area (Å²) in [5.41, 5.74) is 0. The minimum Gasteiger partial charge on any atom is -0.486 e. The minimum absolute atomic E-state index is 0.172. The van der Waals surface area contributed by atoms with E-state index in [0.717, 1.165) is 12.8 Å². The molecule has 3 heteroatoms.